The van der Waals surface area contributed by atoms with Crippen molar-refractivity contribution in [3.8, 4) is 5.88 Å². The summed E-state index contributed by atoms with van der Waals surface area (Å²) in [6.45, 7) is 6.35. The van der Waals surface area contributed by atoms with Gasteiger partial charge in [-0.25, -0.2) is 0 Å². The number of likely N-dealkylation sites (N-methyl/N-ethyl adjacent to an activating group) is 1. The van der Waals surface area contributed by atoms with Crippen molar-refractivity contribution in [3.05, 3.63) is 47.8 Å². The summed E-state index contributed by atoms with van der Waals surface area (Å²) < 4.78 is 21.4. The molecule has 0 amide bonds. The number of fused-ring (bicyclic) bond motifs is 1. The van der Waals surface area contributed by atoms with Gasteiger partial charge >= 0.3 is 5.97 Å². The second-order valence-electron chi connectivity index (χ2n) is 9.91. The van der Waals surface area contributed by atoms with E-state index in [0.717, 1.165) is 53.5 Å². The number of benzene rings is 1. The number of carbonyl (C=O) groups is 1. The average Bonchev–Trinajstić information content (AvgIpc) is 3.51. The van der Waals surface area contributed by atoms with Gasteiger partial charge in [0.15, 0.2) is 0 Å². The van der Waals surface area contributed by atoms with Gasteiger partial charge in [0.05, 0.1) is 31.9 Å². The number of quaternary nitrogens is 1. The number of carbonyl (C=O) groups excluding carboxylic acids is 1. The molecule has 2 aromatic heterocycles. The number of ether oxygens (including phenoxy) is 2. The minimum Gasteiger partial charge on any atom is -0.475 e. The highest BCUT2D eigenvalue weighted by atomic mass is 32.1. The van der Waals surface area contributed by atoms with Gasteiger partial charge in [-0.1, -0.05) is 50.5 Å². The Balaban J connectivity index is 1.35. The highest BCUT2D eigenvalue weighted by molar-refractivity contribution is 6.99. The molecule has 1 aromatic carbocycles. The predicted molar refractivity (Wildman–Crippen MR) is 144 cm³/mol. The van der Waals surface area contributed by atoms with Gasteiger partial charge in [0.25, 0.3) is 5.88 Å². The van der Waals surface area contributed by atoms with Crippen LogP contribution < -0.4 is 10.5 Å². The molecule has 8 nitrogen and oxygen atoms in total. The van der Waals surface area contributed by atoms with E-state index in [1.807, 2.05) is 37.4 Å². The number of nitrogens with zero attached hydrogens (tertiary/aromatic N) is 3. The fraction of sp³-hybridized carbons (Fsp3) is 0.519. The highest BCUT2D eigenvalue weighted by Crippen LogP contribution is 2.31. The minimum absolute atomic E-state index is 0.347. The molecular weight excluding hydrogens is 474 g/mol. The van der Waals surface area contributed by atoms with Gasteiger partial charge in [-0.15, -0.1) is 4.37 Å². The number of esters is 1. The summed E-state index contributed by atoms with van der Waals surface area (Å²) in [5.41, 5.74) is 10.2. The van der Waals surface area contributed by atoms with Crippen molar-refractivity contribution >= 4 is 34.2 Å². The zero-order chi connectivity index (χ0) is 25.5. The fourth-order valence-corrected chi connectivity index (χ4v) is 5.25. The molecule has 0 saturated carbocycles. The lowest BCUT2D eigenvalue weighted by molar-refractivity contribution is -0.944. The third-order valence-corrected chi connectivity index (χ3v) is 7.66. The van der Waals surface area contributed by atoms with Crippen molar-refractivity contribution in [2.75, 3.05) is 26.7 Å². The van der Waals surface area contributed by atoms with E-state index < -0.39 is 6.04 Å². The SMILES string of the molecule is CCCCCCOc1nsnc1C1=CCC[N+](C)([C@@H](C)OC(=O)[C@@H](N)Cc2c[nH]c3ccccc23)C1. The number of nitrogens with one attached hydrogen (secondary N) is 1. The summed E-state index contributed by atoms with van der Waals surface area (Å²) in [6, 6.07) is 7.28. The largest absolute Gasteiger partial charge is 0.475 e. The summed E-state index contributed by atoms with van der Waals surface area (Å²) in [6.07, 6.45) is 9.66. The third kappa shape index (κ3) is 6.14. The molecule has 3 heterocycles. The molecular formula is C27H38N5O3S+. The molecule has 1 unspecified atom stereocenters. The molecule has 1 aliphatic heterocycles. The Kier molecular flexibility index (Phi) is 8.77. The summed E-state index contributed by atoms with van der Waals surface area (Å²) in [7, 11) is 2.11. The Bertz CT molecular complexity index is 1190. The van der Waals surface area contributed by atoms with Gasteiger partial charge < -0.3 is 20.2 Å². The van der Waals surface area contributed by atoms with Crippen molar-refractivity contribution < 1.29 is 18.8 Å². The van der Waals surface area contributed by atoms with Crippen LogP contribution in [0.2, 0.25) is 0 Å². The zero-order valence-electron chi connectivity index (χ0n) is 21.5. The van der Waals surface area contributed by atoms with Crippen molar-refractivity contribution in [2.24, 2.45) is 5.73 Å². The standard InChI is InChI=1S/C27H38N5O3S/c1-4-5-6-9-15-34-26-25(30-36-31-26)20-11-10-14-32(3,18-20)19(2)35-27(33)23(28)16-21-17-29-24-13-8-7-12-22(21)24/h7-8,11-13,17,19,23,29H,4-6,9-10,14-16,18,28H2,1-3H3/q+1/t19-,23+,32?/m1/s1. The van der Waals surface area contributed by atoms with Gasteiger partial charge in [0.1, 0.15) is 18.3 Å². The maximum Gasteiger partial charge on any atom is 0.327 e. The second-order valence-corrected chi connectivity index (χ2v) is 10.4. The van der Waals surface area contributed by atoms with Crippen LogP contribution in [0.3, 0.4) is 0 Å². The van der Waals surface area contributed by atoms with Gasteiger partial charge in [-0.3, -0.25) is 9.28 Å². The zero-order valence-corrected chi connectivity index (χ0v) is 22.4. The molecule has 0 fully saturated rings. The van der Waals surface area contributed by atoms with Gasteiger partial charge in [-0.05, 0) is 18.1 Å². The van der Waals surface area contributed by atoms with E-state index in [2.05, 4.69) is 33.8 Å². The van der Waals surface area contributed by atoms with E-state index >= 15 is 0 Å². The lowest BCUT2D eigenvalue weighted by Gasteiger charge is -2.41. The van der Waals surface area contributed by atoms with E-state index in [4.69, 9.17) is 15.2 Å². The number of hydrogen-bond donors (Lipinski definition) is 2. The van der Waals surface area contributed by atoms with E-state index in [9.17, 15) is 4.79 Å². The number of nitrogens with two attached hydrogens (primary N) is 1. The van der Waals surface area contributed by atoms with Crippen LogP contribution in [-0.2, 0) is 16.0 Å². The van der Waals surface area contributed by atoms with Crippen LogP contribution in [0.5, 0.6) is 5.88 Å². The summed E-state index contributed by atoms with van der Waals surface area (Å²) in [5, 5.41) is 1.08. The topological polar surface area (TPSA) is 103 Å². The van der Waals surface area contributed by atoms with E-state index in [1.54, 1.807) is 0 Å². The Morgan fingerprint density at radius 1 is 1.25 bits per heavy atom. The average molecular weight is 513 g/mol. The molecule has 3 aromatic rings. The van der Waals surface area contributed by atoms with Crippen LogP contribution in [0.1, 0.15) is 57.2 Å². The molecule has 0 spiro atoms. The Hall–Kier alpha value is -2.75. The van der Waals surface area contributed by atoms with Crippen LogP contribution in [-0.4, -0.2) is 63.2 Å². The summed E-state index contributed by atoms with van der Waals surface area (Å²) in [4.78, 5) is 16.2. The van der Waals surface area contributed by atoms with Gasteiger partial charge in [-0.2, -0.15) is 4.37 Å². The van der Waals surface area contributed by atoms with Crippen molar-refractivity contribution in [2.45, 2.75) is 64.6 Å². The molecule has 9 heteroatoms. The molecule has 1 aliphatic rings. The lowest BCUT2D eigenvalue weighted by Crippen LogP contribution is -2.56. The van der Waals surface area contributed by atoms with E-state index in [0.29, 0.717) is 29.9 Å². The minimum atomic E-state index is -0.728. The lowest BCUT2D eigenvalue weighted by atomic mass is 10.0. The maximum absolute atomic E-state index is 12.9. The van der Waals surface area contributed by atoms with Gasteiger partial charge in [0, 0.05) is 42.4 Å². The first kappa shape index (κ1) is 26.3. The summed E-state index contributed by atoms with van der Waals surface area (Å²) >= 11 is 1.18. The van der Waals surface area contributed by atoms with Crippen LogP contribution in [0.15, 0.2) is 36.5 Å². The smallest absolute Gasteiger partial charge is 0.327 e. The van der Waals surface area contributed by atoms with Crippen LogP contribution >= 0.6 is 11.7 Å². The monoisotopic (exact) mass is 512 g/mol. The van der Waals surface area contributed by atoms with Crippen LogP contribution in [0.4, 0.5) is 0 Å². The molecule has 0 bridgehead atoms. The third-order valence-electron chi connectivity index (χ3n) is 7.14. The second kappa shape index (κ2) is 12.0. The molecule has 3 atom stereocenters. The molecule has 0 saturated heterocycles. The Morgan fingerprint density at radius 2 is 2.08 bits per heavy atom. The van der Waals surface area contributed by atoms with Crippen molar-refractivity contribution in [1.82, 2.24) is 13.7 Å². The van der Waals surface area contributed by atoms with Crippen molar-refractivity contribution in [1.29, 1.82) is 0 Å². The number of aromatic nitrogens is 3. The molecule has 194 valence electrons. The first-order valence-electron chi connectivity index (χ1n) is 12.9. The number of rotatable bonds is 12. The predicted octanol–water partition coefficient (Wildman–Crippen LogP) is 4.67. The number of hydrogen-bond acceptors (Lipinski definition) is 7. The van der Waals surface area contributed by atoms with Gasteiger partial charge in [0.2, 0.25) is 6.23 Å². The number of para-hydroxylation sites is 1. The van der Waals surface area contributed by atoms with E-state index in [-0.39, 0.29) is 12.2 Å². The van der Waals surface area contributed by atoms with E-state index in [1.165, 1.54) is 24.6 Å². The summed E-state index contributed by atoms with van der Waals surface area (Å²) in [5.74, 6) is 0.233. The van der Waals surface area contributed by atoms with Crippen LogP contribution in [0, 0.1) is 0 Å². The normalized spacial score (nSPS) is 19.6. The first-order chi connectivity index (χ1) is 17.4. The van der Waals surface area contributed by atoms with Crippen LogP contribution in [0.25, 0.3) is 16.5 Å². The number of aromatic amines is 1. The Labute approximate surface area is 217 Å². The molecule has 3 N–H and O–H groups in total. The molecule has 0 radical (unpaired) electrons. The number of unbranched alkanes of at least 4 members (excludes halogenated alkanes) is 3. The molecule has 4 rings (SSSR count). The quantitative estimate of drug-likeness (QED) is 0.208. The number of H-pyrrole nitrogens is 1. The maximum atomic E-state index is 12.9. The molecule has 0 aliphatic carbocycles. The highest BCUT2D eigenvalue weighted by Gasteiger charge is 2.37. The fourth-order valence-electron chi connectivity index (χ4n) is 4.72. The first-order valence-corrected chi connectivity index (χ1v) is 13.6. The Morgan fingerprint density at radius 3 is 2.92 bits per heavy atom. The van der Waals surface area contributed by atoms with Crippen molar-refractivity contribution in [3.63, 3.8) is 0 Å². The molecule has 36 heavy (non-hydrogen) atoms.